The lowest BCUT2D eigenvalue weighted by molar-refractivity contribution is 0.0903. The van der Waals surface area contributed by atoms with Gasteiger partial charge in [0, 0.05) is 23.3 Å². The van der Waals surface area contributed by atoms with Crippen LogP contribution < -0.4 is 10.6 Å². The first-order valence-electron chi connectivity index (χ1n) is 7.61. The van der Waals surface area contributed by atoms with E-state index in [1.807, 2.05) is 25.1 Å². The van der Waals surface area contributed by atoms with Gasteiger partial charge in [-0.3, -0.25) is 4.79 Å². The predicted octanol–water partition coefficient (Wildman–Crippen LogP) is 3.74. The number of carbonyl (C=O) groups excluding carboxylic acids is 1. The fourth-order valence-corrected chi connectivity index (χ4v) is 2.53. The minimum Gasteiger partial charge on any atom is -0.385 e. The average molecular weight is 274 g/mol. The van der Waals surface area contributed by atoms with Crippen LogP contribution in [0.25, 0.3) is 0 Å². The molecule has 2 rings (SSSR count). The molecular formula is C17H26N2O. The molecule has 1 fully saturated rings. The van der Waals surface area contributed by atoms with Crippen molar-refractivity contribution >= 4 is 11.6 Å². The summed E-state index contributed by atoms with van der Waals surface area (Å²) in [5.74, 6) is 0.671. The molecular weight excluding hydrogens is 248 g/mol. The number of hydrogen-bond donors (Lipinski definition) is 2. The summed E-state index contributed by atoms with van der Waals surface area (Å²) in [4.78, 5) is 12.3. The smallest absolute Gasteiger partial charge is 0.251 e. The molecule has 1 aromatic rings. The van der Waals surface area contributed by atoms with E-state index in [4.69, 9.17) is 0 Å². The van der Waals surface area contributed by atoms with E-state index in [0.29, 0.717) is 5.92 Å². The largest absolute Gasteiger partial charge is 0.385 e. The highest BCUT2D eigenvalue weighted by Crippen LogP contribution is 2.39. The third-order valence-corrected chi connectivity index (χ3v) is 4.09. The van der Waals surface area contributed by atoms with Gasteiger partial charge in [0.05, 0.1) is 0 Å². The number of amides is 1. The molecule has 1 amide bonds. The van der Waals surface area contributed by atoms with Crippen LogP contribution in [0.1, 0.15) is 56.0 Å². The molecule has 0 bridgehead atoms. The van der Waals surface area contributed by atoms with Crippen molar-refractivity contribution in [3.8, 4) is 0 Å². The molecule has 0 spiro atoms. The molecule has 20 heavy (non-hydrogen) atoms. The Morgan fingerprint density at radius 1 is 1.35 bits per heavy atom. The van der Waals surface area contributed by atoms with Gasteiger partial charge in [-0.15, -0.1) is 0 Å². The van der Waals surface area contributed by atoms with Gasteiger partial charge in [-0.2, -0.15) is 0 Å². The fourth-order valence-electron chi connectivity index (χ4n) is 2.53. The lowest BCUT2D eigenvalue weighted by atomic mass is 9.98. The highest BCUT2D eigenvalue weighted by atomic mass is 16.1. The Bertz CT molecular complexity index is 490. The van der Waals surface area contributed by atoms with Crippen LogP contribution >= 0.6 is 0 Å². The van der Waals surface area contributed by atoms with Gasteiger partial charge in [-0.25, -0.2) is 0 Å². The van der Waals surface area contributed by atoms with E-state index in [9.17, 15) is 4.79 Å². The molecule has 2 N–H and O–H groups in total. The van der Waals surface area contributed by atoms with Gasteiger partial charge >= 0.3 is 0 Å². The van der Waals surface area contributed by atoms with E-state index in [1.165, 1.54) is 12.8 Å². The van der Waals surface area contributed by atoms with E-state index in [1.54, 1.807) is 0 Å². The third-order valence-electron chi connectivity index (χ3n) is 4.09. The summed E-state index contributed by atoms with van der Waals surface area (Å²) in [6.07, 6.45) is 3.55. The van der Waals surface area contributed by atoms with Crippen LogP contribution in [0.5, 0.6) is 0 Å². The van der Waals surface area contributed by atoms with Crippen molar-refractivity contribution in [1.29, 1.82) is 0 Å². The second kappa shape index (κ2) is 5.86. The molecule has 1 aliphatic carbocycles. The molecule has 0 aliphatic heterocycles. The zero-order valence-electron chi connectivity index (χ0n) is 13.0. The van der Waals surface area contributed by atoms with Gasteiger partial charge in [0.25, 0.3) is 5.91 Å². The predicted molar refractivity (Wildman–Crippen MR) is 84.2 cm³/mol. The average Bonchev–Trinajstić information content (AvgIpc) is 3.21. The molecule has 0 saturated heterocycles. The number of rotatable bonds is 6. The highest BCUT2D eigenvalue weighted by molar-refractivity contribution is 5.95. The summed E-state index contributed by atoms with van der Waals surface area (Å²) in [5, 5.41) is 6.54. The van der Waals surface area contributed by atoms with E-state index < -0.39 is 0 Å². The Kier molecular flexibility index (Phi) is 4.36. The van der Waals surface area contributed by atoms with Crippen LogP contribution in [0.4, 0.5) is 5.69 Å². The summed E-state index contributed by atoms with van der Waals surface area (Å²) in [5.41, 5.74) is 2.89. The van der Waals surface area contributed by atoms with Gasteiger partial charge in [0.2, 0.25) is 0 Å². The van der Waals surface area contributed by atoms with Gasteiger partial charge in [0.15, 0.2) is 0 Å². The maximum Gasteiger partial charge on any atom is 0.251 e. The molecule has 0 radical (unpaired) electrons. The topological polar surface area (TPSA) is 41.1 Å². The van der Waals surface area contributed by atoms with Gasteiger partial charge < -0.3 is 10.6 Å². The first kappa shape index (κ1) is 14.9. The minimum absolute atomic E-state index is 0.0343. The maximum atomic E-state index is 12.3. The van der Waals surface area contributed by atoms with Crippen LogP contribution in [0.15, 0.2) is 18.2 Å². The molecule has 0 aromatic heterocycles. The molecule has 1 aliphatic rings. The number of hydrogen-bond acceptors (Lipinski definition) is 2. The highest BCUT2D eigenvalue weighted by Gasteiger charge is 2.38. The Morgan fingerprint density at radius 3 is 2.60 bits per heavy atom. The van der Waals surface area contributed by atoms with Crippen molar-refractivity contribution in [2.45, 2.75) is 52.5 Å². The molecule has 0 atom stereocenters. The molecule has 110 valence electrons. The molecule has 0 heterocycles. The number of anilines is 1. The van der Waals surface area contributed by atoms with Crippen LogP contribution in [-0.4, -0.2) is 18.0 Å². The van der Waals surface area contributed by atoms with Crippen molar-refractivity contribution in [3.63, 3.8) is 0 Å². The molecule has 3 heteroatoms. The first-order valence-corrected chi connectivity index (χ1v) is 7.61. The first-order chi connectivity index (χ1) is 9.44. The number of carbonyl (C=O) groups is 1. The number of benzene rings is 1. The van der Waals surface area contributed by atoms with Crippen LogP contribution in [0.3, 0.4) is 0 Å². The second-order valence-electron chi connectivity index (χ2n) is 6.41. The molecule has 1 aromatic carbocycles. The van der Waals surface area contributed by atoms with Gasteiger partial charge in [-0.1, -0.05) is 6.92 Å². The monoisotopic (exact) mass is 274 g/mol. The van der Waals surface area contributed by atoms with Crippen molar-refractivity contribution < 1.29 is 4.79 Å². The van der Waals surface area contributed by atoms with Crippen LogP contribution in [-0.2, 0) is 0 Å². The van der Waals surface area contributed by atoms with E-state index in [2.05, 4.69) is 31.4 Å². The van der Waals surface area contributed by atoms with Crippen molar-refractivity contribution in [3.05, 3.63) is 29.3 Å². The minimum atomic E-state index is -0.0931. The summed E-state index contributed by atoms with van der Waals surface area (Å²) in [7, 11) is 0. The zero-order chi connectivity index (χ0) is 14.8. The zero-order valence-corrected chi connectivity index (χ0v) is 13.0. The Morgan fingerprint density at radius 2 is 2.05 bits per heavy atom. The third kappa shape index (κ3) is 3.53. The van der Waals surface area contributed by atoms with Gasteiger partial charge in [-0.05, 0) is 69.7 Å². The normalized spacial score (nSPS) is 15.0. The standard InChI is InChI=1S/C17H26N2O/c1-5-10-18-15-9-6-13(11-12(15)2)16(20)19-17(3,4)14-7-8-14/h6,9,11,14,18H,5,7-8,10H2,1-4H3,(H,19,20). The fraction of sp³-hybridized carbons (Fsp3) is 0.588. The Labute approximate surface area is 122 Å². The van der Waals surface area contributed by atoms with Crippen LogP contribution in [0.2, 0.25) is 0 Å². The molecule has 1 saturated carbocycles. The summed E-state index contributed by atoms with van der Waals surface area (Å²) >= 11 is 0. The lowest BCUT2D eigenvalue weighted by Gasteiger charge is -2.26. The summed E-state index contributed by atoms with van der Waals surface area (Å²) < 4.78 is 0. The lowest BCUT2D eigenvalue weighted by Crippen LogP contribution is -2.45. The van der Waals surface area contributed by atoms with E-state index in [-0.39, 0.29) is 11.4 Å². The van der Waals surface area contributed by atoms with E-state index >= 15 is 0 Å². The maximum absolute atomic E-state index is 12.3. The number of aryl methyl sites for hydroxylation is 1. The summed E-state index contributed by atoms with van der Waals surface area (Å²) in [6, 6.07) is 5.88. The number of nitrogens with one attached hydrogen (secondary N) is 2. The van der Waals surface area contributed by atoms with Crippen molar-refractivity contribution in [1.82, 2.24) is 5.32 Å². The van der Waals surface area contributed by atoms with Crippen molar-refractivity contribution in [2.24, 2.45) is 5.92 Å². The van der Waals surface area contributed by atoms with Crippen LogP contribution in [0, 0.1) is 12.8 Å². The summed E-state index contributed by atoms with van der Waals surface area (Å²) in [6.45, 7) is 9.38. The Hall–Kier alpha value is -1.51. The quantitative estimate of drug-likeness (QED) is 0.829. The van der Waals surface area contributed by atoms with Gasteiger partial charge in [0.1, 0.15) is 0 Å². The Balaban J connectivity index is 2.04. The SMILES string of the molecule is CCCNc1ccc(C(=O)NC(C)(C)C2CC2)cc1C. The molecule has 0 unspecified atom stereocenters. The van der Waals surface area contributed by atoms with E-state index in [0.717, 1.165) is 29.8 Å². The molecule has 3 nitrogen and oxygen atoms in total. The second-order valence-corrected chi connectivity index (χ2v) is 6.41. The van der Waals surface area contributed by atoms with Crippen molar-refractivity contribution in [2.75, 3.05) is 11.9 Å².